The molecule has 0 aliphatic carbocycles. The van der Waals surface area contributed by atoms with E-state index in [1.807, 2.05) is 0 Å². The second-order valence-electron chi connectivity index (χ2n) is 3.92. The predicted molar refractivity (Wildman–Crippen MR) is 87.8 cm³/mol. The second kappa shape index (κ2) is 6.62. The Balaban J connectivity index is 2.15. The number of hydrogen-bond acceptors (Lipinski definition) is 5. The van der Waals surface area contributed by atoms with Crippen LogP contribution in [0.25, 0.3) is 0 Å². The van der Waals surface area contributed by atoms with E-state index in [0.29, 0.717) is 31.3 Å². The minimum absolute atomic E-state index is 0.264. The van der Waals surface area contributed by atoms with Crippen LogP contribution in [-0.2, 0) is 0 Å². The number of nitrogens with one attached hydrogen (secondary N) is 1. The molecule has 0 saturated carbocycles. The fraction of sp³-hybridized carbons (Fsp3) is 0.0833. The Hall–Kier alpha value is -1.34. The number of rotatable bonds is 3. The number of hydrazone groups is 1. The lowest BCUT2D eigenvalue weighted by Gasteiger charge is -2.03. The average molecular weight is 364 g/mol. The number of nitrogens with zero attached hydrogens (tertiary/aromatic N) is 2. The Kier molecular flexibility index (Phi) is 5.05. The van der Waals surface area contributed by atoms with Crippen LogP contribution < -0.4 is 11.2 Å². The molecule has 1 aromatic carbocycles. The molecule has 9 heteroatoms. The second-order valence-corrected chi connectivity index (χ2v) is 6.15. The quantitative estimate of drug-likeness (QED) is 0.495. The molecule has 0 aliphatic rings. The molecule has 0 saturated heterocycles. The van der Waals surface area contributed by atoms with Gasteiger partial charge in [-0.1, -0.05) is 46.1 Å². The van der Waals surface area contributed by atoms with E-state index in [9.17, 15) is 4.79 Å². The first-order valence-corrected chi connectivity index (χ1v) is 7.55. The first-order chi connectivity index (χ1) is 9.90. The summed E-state index contributed by atoms with van der Waals surface area (Å²) in [5, 5.41) is 5.13. The lowest BCUT2D eigenvalue weighted by Crippen LogP contribution is -2.17. The lowest BCUT2D eigenvalue weighted by atomic mass is 10.2. The molecule has 0 spiro atoms. The summed E-state index contributed by atoms with van der Waals surface area (Å²) in [6.45, 7) is 1.69. The molecule has 0 bridgehead atoms. The van der Waals surface area contributed by atoms with E-state index in [1.165, 1.54) is 6.21 Å². The van der Waals surface area contributed by atoms with Crippen molar-refractivity contribution < 1.29 is 4.79 Å². The summed E-state index contributed by atoms with van der Waals surface area (Å²) >= 11 is 19.0. The van der Waals surface area contributed by atoms with Gasteiger partial charge in [-0.2, -0.15) is 5.10 Å². The van der Waals surface area contributed by atoms with E-state index in [2.05, 4.69) is 15.5 Å². The number of hydrogen-bond donors (Lipinski definition) is 2. The van der Waals surface area contributed by atoms with Gasteiger partial charge in [0.05, 0.1) is 27.0 Å². The number of carbonyl (C=O) groups excluding carboxylic acids is 1. The molecular formula is C12H9Cl3N4OS. The fourth-order valence-corrected chi connectivity index (χ4v) is 2.85. The number of amides is 1. The molecule has 2 rings (SSSR count). The van der Waals surface area contributed by atoms with Crippen molar-refractivity contribution in [2.75, 3.05) is 5.73 Å². The standard InChI is InChI=1S/C12H9Cl3N4OS/c1-5-10(21-12(16)18-5)11(20)19-17-4-6-7(13)2-3-8(14)9(6)15/h2-4H,1H3,(H2,16,18)(H,19,20)/b17-4-. The van der Waals surface area contributed by atoms with Gasteiger partial charge in [0.25, 0.3) is 5.91 Å². The Morgan fingerprint density at radius 2 is 2.05 bits per heavy atom. The van der Waals surface area contributed by atoms with Gasteiger partial charge in [0, 0.05) is 5.56 Å². The number of aromatic nitrogens is 1. The van der Waals surface area contributed by atoms with Crippen molar-refractivity contribution >= 4 is 63.4 Å². The SMILES string of the molecule is Cc1nc(N)sc1C(=O)N/N=C\c1c(Cl)ccc(Cl)c1Cl. The number of aryl methyl sites for hydroxylation is 1. The number of thiazole rings is 1. The van der Waals surface area contributed by atoms with Gasteiger partial charge in [0.15, 0.2) is 5.13 Å². The first kappa shape index (κ1) is 16.0. The molecule has 5 nitrogen and oxygen atoms in total. The van der Waals surface area contributed by atoms with Crippen LogP contribution in [0.1, 0.15) is 20.9 Å². The van der Waals surface area contributed by atoms with E-state index in [-0.39, 0.29) is 5.02 Å². The van der Waals surface area contributed by atoms with Crippen molar-refractivity contribution in [3.05, 3.63) is 43.3 Å². The van der Waals surface area contributed by atoms with Crippen LogP contribution in [0.15, 0.2) is 17.2 Å². The van der Waals surface area contributed by atoms with Crippen LogP contribution in [0.4, 0.5) is 5.13 Å². The summed E-state index contributed by atoms with van der Waals surface area (Å²) in [5.41, 5.74) is 8.86. The monoisotopic (exact) mass is 362 g/mol. The van der Waals surface area contributed by atoms with Gasteiger partial charge in [-0.3, -0.25) is 4.79 Å². The van der Waals surface area contributed by atoms with Crippen molar-refractivity contribution in [2.24, 2.45) is 5.10 Å². The average Bonchev–Trinajstić information content (AvgIpc) is 2.77. The zero-order chi connectivity index (χ0) is 15.6. The molecule has 0 fully saturated rings. The molecule has 0 unspecified atom stereocenters. The molecule has 21 heavy (non-hydrogen) atoms. The Labute approximate surface area is 139 Å². The summed E-state index contributed by atoms with van der Waals surface area (Å²) in [7, 11) is 0. The highest BCUT2D eigenvalue weighted by Gasteiger charge is 2.13. The van der Waals surface area contributed by atoms with Crippen molar-refractivity contribution in [1.82, 2.24) is 10.4 Å². The van der Waals surface area contributed by atoms with Gasteiger partial charge in [-0.05, 0) is 19.1 Å². The molecule has 2 aromatic rings. The minimum atomic E-state index is -0.410. The van der Waals surface area contributed by atoms with E-state index in [1.54, 1.807) is 19.1 Å². The zero-order valence-electron chi connectivity index (χ0n) is 10.7. The highest BCUT2D eigenvalue weighted by atomic mass is 35.5. The highest BCUT2D eigenvalue weighted by Crippen LogP contribution is 2.30. The Morgan fingerprint density at radius 1 is 1.38 bits per heavy atom. The van der Waals surface area contributed by atoms with E-state index in [4.69, 9.17) is 40.5 Å². The van der Waals surface area contributed by atoms with Crippen molar-refractivity contribution in [1.29, 1.82) is 0 Å². The smallest absolute Gasteiger partial charge is 0.283 e. The van der Waals surface area contributed by atoms with Crippen LogP contribution in [-0.4, -0.2) is 17.1 Å². The molecule has 1 heterocycles. The summed E-state index contributed by atoms with van der Waals surface area (Å²) < 4.78 is 0. The first-order valence-electron chi connectivity index (χ1n) is 5.60. The maximum absolute atomic E-state index is 11.9. The van der Waals surface area contributed by atoms with Gasteiger partial charge in [-0.25, -0.2) is 10.4 Å². The largest absolute Gasteiger partial charge is 0.375 e. The number of benzene rings is 1. The summed E-state index contributed by atoms with van der Waals surface area (Å²) in [4.78, 5) is 16.3. The predicted octanol–water partition coefficient (Wildman–Crippen LogP) is 3.76. The molecule has 1 aromatic heterocycles. The summed E-state index contributed by atoms with van der Waals surface area (Å²) in [5.74, 6) is -0.410. The Bertz CT molecular complexity index is 730. The third-order valence-electron chi connectivity index (χ3n) is 2.46. The van der Waals surface area contributed by atoms with E-state index >= 15 is 0 Å². The summed E-state index contributed by atoms with van der Waals surface area (Å²) in [6, 6.07) is 3.17. The lowest BCUT2D eigenvalue weighted by molar-refractivity contribution is 0.0958. The zero-order valence-corrected chi connectivity index (χ0v) is 13.7. The van der Waals surface area contributed by atoms with Crippen molar-refractivity contribution in [3.8, 4) is 0 Å². The topological polar surface area (TPSA) is 80.4 Å². The number of anilines is 1. The van der Waals surface area contributed by atoms with Gasteiger partial charge < -0.3 is 5.73 Å². The number of nitrogen functional groups attached to an aromatic ring is 1. The van der Waals surface area contributed by atoms with E-state index in [0.717, 1.165) is 11.3 Å². The van der Waals surface area contributed by atoms with Crippen LogP contribution in [0, 0.1) is 6.92 Å². The number of carbonyl (C=O) groups is 1. The van der Waals surface area contributed by atoms with Crippen LogP contribution in [0.5, 0.6) is 0 Å². The minimum Gasteiger partial charge on any atom is -0.375 e. The molecule has 0 atom stereocenters. The number of nitrogens with two attached hydrogens (primary N) is 1. The highest BCUT2D eigenvalue weighted by molar-refractivity contribution is 7.17. The van der Waals surface area contributed by atoms with Gasteiger partial charge >= 0.3 is 0 Å². The van der Waals surface area contributed by atoms with Gasteiger partial charge in [-0.15, -0.1) is 0 Å². The molecule has 1 amide bonds. The van der Waals surface area contributed by atoms with Crippen LogP contribution in [0.2, 0.25) is 15.1 Å². The maximum atomic E-state index is 11.9. The van der Waals surface area contributed by atoms with Gasteiger partial charge in [0.2, 0.25) is 0 Å². The molecule has 0 aliphatic heterocycles. The number of halogens is 3. The van der Waals surface area contributed by atoms with Crippen LogP contribution in [0.3, 0.4) is 0 Å². The van der Waals surface area contributed by atoms with Gasteiger partial charge in [0.1, 0.15) is 4.88 Å². The summed E-state index contributed by atoms with van der Waals surface area (Å²) in [6.07, 6.45) is 1.33. The molecule has 0 radical (unpaired) electrons. The Morgan fingerprint density at radius 3 is 2.67 bits per heavy atom. The molecule has 3 N–H and O–H groups in total. The van der Waals surface area contributed by atoms with Crippen LogP contribution >= 0.6 is 46.1 Å². The fourth-order valence-electron chi connectivity index (χ4n) is 1.50. The normalized spacial score (nSPS) is 11.0. The molecule has 110 valence electrons. The third kappa shape index (κ3) is 3.65. The van der Waals surface area contributed by atoms with Crippen molar-refractivity contribution in [2.45, 2.75) is 6.92 Å². The third-order valence-corrected chi connectivity index (χ3v) is 4.59. The van der Waals surface area contributed by atoms with E-state index < -0.39 is 5.91 Å². The maximum Gasteiger partial charge on any atom is 0.283 e. The molecular weight excluding hydrogens is 355 g/mol. The van der Waals surface area contributed by atoms with Crippen molar-refractivity contribution in [3.63, 3.8) is 0 Å².